The van der Waals surface area contributed by atoms with Gasteiger partial charge in [-0.15, -0.1) is 0 Å². The maximum atomic E-state index is 9.62. The van der Waals surface area contributed by atoms with Gasteiger partial charge in [-0.2, -0.15) is 0 Å². The third-order valence-electron chi connectivity index (χ3n) is 3.56. The molecule has 1 aromatic carbocycles. The fourth-order valence-corrected chi connectivity index (χ4v) is 2.46. The molecule has 1 aliphatic carbocycles. The molecule has 94 valence electrons. The van der Waals surface area contributed by atoms with E-state index in [4.69, 9.17) is 4.42 Å². The second kappa shape index (κ2) is 4.58. The molecule has 0 spiro atoms. The molecule has 3 rings (SSSR count). The fraction of sp³-hybridized carbons (Fsp3) is 0.400. The van der Waals surface area contributed by atoms with Crippen LogP contribution in [-0.2, 0) is 19.3 Å². The third-order valence-corrected chi connectivity index (χ3v) is 3.56. The minimum Gasteiger partial charge on any atom is -0.445 e. The van der Waals surface area contributed by atoms with Crippen LogP contribution in [0.1, 0.15) is 34.9 Å². The van der Waals surface area contributed by atoms with E-state index in [2.05, 4.69) is 24.0 Å². The Balaban J connectivity index is 1.84. The molecule has 2 aromatic rings. The molecule has 18 heavy (non-hydrogen) atoms. The van der Waals surface area contributed by atoms with Gasteiger partial charge in [0.2, 0.25) is 0 Å². The van der Waals surface area contributed by atoms with E-state index in [0.717, 1.165) is 36.6 Å². The molecule has 1 N–H and O–H groups in total. The van der Waals surface area contributed by atoms with Gasteiger partial charge in [0.1, 0.15) is 5.76 Å². The van der Waals surface area contributed by atoms with Crippen molar-refractivity contribution < 1.29 is 9.52 Å². The van der Waals surface area contributed by atoms with Crippen molar-refractivity contribution in [2.24, 2.45) is 0 Å². The molecule has 0 radical (unpaired) electrons. The number of aliphatic hydroxyl groups is 1. The van der Waals surface area contributed by atoms with Crippen LogP contribution >= 0.6 is 0 Å². The molecular formula is C15H17NO2. The molecule has 0 fully saturated rings. The fourth-order valence-electron chi connectivity index (χ4n) is 2.46. The van der Waals surface area contributed by atoms with Crippen LogP contribution in [-0.4, -0.2) is 16.2 Å². The summed E-state index contributed by atoms with van der Waals surface area (Å²) >= 11 is 0. The average Bonchev–Trinajstić information content (AvgIpc) is 2.73. The summed E-state index contributed by atoms with van der Waals surface area (Å²) in [6.07, 6.45) is 2.69. The molecule has 1 aromatic heterocycles. The van der Waals surface area contributed by atoms with Crippen molar-refractivity contribution in [2.45, 2.75) is 38.7 Å². The van der Waals surface area contributed by atoms with Gasteiger partial charge in [-0.05, 0) is 24.5 Å². The number of benzene rings is 1. The predicted molar refractivity (Wildman–Crippen MR) is 68.5 cm³/mol. The molecule has 0 amide bonds. The minimum atomic E-state index is -0.256. The zero-order valence-electron chi connectivity index (χ0n) is 10.5. The summed E-state index contributed by atoms with van der Waals surface area (Å²) in [6, 6.07) is 8.28. The summed E-state index contributed by atoms with van der Waals surface area (Å²) in [4.78, 5) is 4.51. The number of oxazole rings is 1. The molecular weight excluding hydrogens is 226 g/mol. The van der Waals surface area contributed by atoms with Gasteiger partial charge in [-0.1, -0.05) is 24.3 Å². The normalized spacial score (nSPS) is 18.7. The Morgan fingerprint density at radius 3 is 3.06 bits per heavy atom. The van der Waals surface area contributed by atoms with E-state index in [0.29, 0.717) is 6.42 Å². The Kier molecular flexibility index (Phi) is 2.92. The number of aromatic nitrogens is 1. The van der Waals surface area contributed by atoms with Crippen LogP contribution in [0.3, 0.4) is 0 Å². The van der Waals surface area contributed by atoms with Gasteiger partial charge >= 0.3 is 0 Å². The summed E-state index contributed by atoms with van der Waals surface area (Å²) in [5.41, 5.74) is 3.45. The Bertz CT molecular complexity index is 559. The minimum absolute atomic E-state index is 0.256. The number of hydrogen-bond donors (Lipinski definition) is 1. The van der Waals surface area contributed by atoms with Crippen molar-refractivity contribution in [3.8, 4) is 0 Å². The highest BCUT2D eigenvalue weighted by Crippen LogP contribution is 2.23. The molecule has 0 bridgehead atoms. The molecule has 1 unspecified atom stereocenters. The lowest BCUT2D eigenvalue weighted by Crippen LogP contribution is -2.17. The van der Waals surface area contributed by atoms with Crippen molar-refractivity contribution in [3.05, 3.63) is 52.7 Å². The van der Waals surface area contributed by atoms with Crippen molar-refractivity contribution in [3.63, 3.8) is 0 Å². The van der Waals surface area contributed by atoms with Crippen molar-refractivity contribution in [1.29, 1.82) is 0 Å². The number of aryl methyl sites for hydroxylation is 2. The molecule has 0 saturated carbocycles. The maximum Gasteiger partial charge on any atom is 0.199 e. The van der Waals surface area contributed by atoms with E-state index in [9.17, 15) is 5.11 Å². The zero-order valence-corrected chi connectivity index (χ0v) is 10.5. The van der Waals surface area contributed by atoms with Gasteiger partial charge in [-0.25, -0.2) is 4.98 Å². The Labute approximate surface area is 106 Å². The first kappa shape index (κ1) is 11.5. The summed E-state index contributed by atoms with van der Waals surface area (Å²) < 4.78 is 5.79. The van der Waals surface area contributed by atoms with Crippen LogP contribution in [0.25, 0.3) is 0 Å². The number of nitrogens with zero attached hydrogens (tertiary/aromatic N) is 1. The Morgan fingerprint density at radius 2 is 2.22 bits per heavy atom. The quantitative estimate of drug-likeness (QED) is 0.881. The van der Waals surface area contributed by atoms with E-state index in [1.54, 1.807) is 0 Å². The molecule has 1 atom stereocenters. The number of fused-ring (bicyclic) bond motifs is 1. The van der Waals surface area contributed by atoms with Gasteiger partial charge in [0.15, 0.2) is 5.89 Å². The maximum absolute atomic E-state index is 9.62. The average molecular weight is 243 g/mol. The van der Waals surface area contributed by atoms with Gasteiger partial charge < -0.3 is 9.52 Å². The topological polar surface area (TPSA) is 46.3 Å². The van der Waals surface area contributed by atoms with Crippen LogP contribution in [0, 0.1) is 6.92 Å². The Morgan fingerprint density at radius 1 is 1.39 bits per heavy atom. The molecule has 1 aliphatic rings. The lowest BCUT2D eigenvalue weighted by atomic mass is 9.99. The van der Waals surface area contributed by atoms with Crippen LogP contribution in [0.15, 0.2) is 28.7 Å². The standard InChI is InChI=1S/C15H17NO2/c1-10-4-2-3-5-11(10)8-15-16-13-9-12(17)6-7-14(13)18-15/h2-5,12,17H,6-9H2,1H3. The Hall–Kier alpha value is -1.61. The first-order chi connectivity index (χ1) is 8.72. The van der Waals surface area contributed by atoms with E-state index < -0.39 is 0 Å². The molecule has 3 nitrogen and oxygen atoms in total. The highest BCUT2D eigenvalue weighted by molar-refractivity contribution is 5.28. The van der Waals surface area contributed by atoms with E-state index >= 15 is 0 Å². The van der Waals surface area contributed by atoms with Crippen molar-refractivity contribution in [2.75, 3.05) is 0 Å². The summed E-state index contributed by atoms with van der Waals surface area (Å²) in [7, 11) is 0. The van der Waals surface area contributed by atoms with Crippen LogP contribution < -0.4 is 0 Å². The van der Waals surface area contributed by atoms with Gasteiger partial charge in [0, 0.05) is 19.3 Å². The van der Waals surface area contributed by atoms with E-state index in [1.807, 2.05) is 12.1 Å². The number of rotatable bonds is 2. The van der Waals surface area contributed by atoms with Crippen LogP contribution in [0.4, 0.5) is 0 Å². The van der Waals surface area contributed by atoms with Crippen LogP contribution in [0.2, 0.25) is 0 Å². The van der Waals surface area contributed by atoms with Gasteiger partial charge in [0.05, 0.1) is 11.8 Å². The van der Waals surface area contributed by atoms with E-state index in [-0.39, 0.29) is 6.10 Å². The van der Waals surface area contributed by atoms with Gasteiger partial charge in [0.25, 0.3) is 0 Å². The zero-order chi connectivity index (χ0) is 12.5. The van der Waals surface area contributed by atoms with E-state index in [1.165, 1.54) is 11.1 Å². The SMILES string of the molecule is Cc1ccccc1Cc1nc2c(o1)CCC(O)C2. The molecule has 1 heterocycles. The highest BCUT2D eigenvalue weighted by Gasteiger charge is 2.22. The lowest BCUT2D eigenvalue weighted by Gasteiger charge is -2.13. The summed E-state index contributed by atoms with van der Waals surface area (Å²) in [6.45, 7) is 2.10. The second-order valence-electron chi connectivity index (χ2n) is 4.98. The third kappa shape index (κ3) is 2.18. The van der Waals surface area contributed by atoms with Crippen molar-refractivity contribution in [1.82, 2.24) is 4.98 Å². The first-order valence-corrected chi connectivity index (χ1v) is 6.42. The monoisotopic (exact) mass is 243 g/mol. The van der Waals surface area contributed by atoms with Crippen LogP contribution in [0.5, 0.6) is 0 Å². The smallest absolute Gasteiger partial charge is 0.199 e. The van der Waals surface area contributed by atoms with Crippen molar-refractivity contribution >= 4 is 0 Å². The number of aliphatic hydroxyl groups excluding tert-OH is 1. The summed E-state index contributed by atoms with van der Waals surface area (Å²) in [5.74, 6) is 1.73. The largest absolute Gasteiger partial charge is 0.445 e. The summed E-state index contributed by atoms with van der Waals surface area (Å²) in [5, 5.41) is 9.62. The highest BCUT2D eigenvalue weighted by atomic mass is 16.4. The molecule has 0 aliphatic heterocycles. The first-order valence-electron chi connectivity index (χ1n) is 6.42. The second-order valence-corrected chi connectivity index (χ2v) is 4.98. The lowest BCUT2D eigenvalue weighted by molar-refractivity contribution is 0.153. The molecule has 0 saturated heterocycles. The molecule has 3 heteroatoms. The number of hydrogen-bond acceptors (Lipinski definition) is 3. The predicted octanol–water partition coefficient (Wildman–Crippen LogP) is 2.42. The van der Waals surface area contributed by atoms with Gasteiger partial charge in [-0.3, -0.25) is 0 Å².